The average molecular weight is 254 g/mol. The van der Waals surface area contributed by atoms with Gasteiger partial charge in [-0.05, 0) is 12.8 Å². The van der Waals surface area contributed by atoms with Crippen LogP contribution < -0.4 is 0 Å². The highest BCUT2D eigenvalue weighted by Gasteiger charge is 2.39. The van der Waals surface area contributed by atoms with Gasteiger partial charge in [-0.15, -0.1) is 11.6 Å². The molecule has 1 aliphatic heterocycles. The molecule has 2 aliphatic rings. The number of sulfonamides is 1. The van der Waals surface area contributed by atoms with Crippen molar-refractivity contribution < 1.29 is 13.2 Å². The van der Waals surface area contributed by atoms with E-state index in [0.717, 1.165) is 25.7 Å². The summed E-state index contributed by atoms with van der Waals surface area (Å²) in [5, 5.41) is -0.323. The van der Waals surface area contributed by atoms with E-state index in [9.17, 15) is 8.42 Å². The lowest BCUT2D eigenvalue weighted by Gasteiger charge is -2.42. The van der Waals surface area contributed by atoms with Crippen molar-refractivity contribution in [3.63, 3.8) is 0 Å². The second-order valence-corrected chi connectivity index (χ2v) is 6.60. The van der Waals surface area contributed by atoms with Crippen LogP contribution in [0.3, 0.4) is 0 Å². The van der Waals surface area contributed by atoms with Crippen LogP contribution in [0, 0.1) is 0 Å². The number of nitrogens with zero attached hydrogens (tertiary/aromatic N) is 1. The minimum atomic E-state index is -3.27. The number of fused-ring (bicyclic) bond motifs is 1. The molecule has 2 rings (SSSR count). The molecule has 0 aromatic carbocycles. The zero-order valence-corrected chi connectivity index (χ0v) is 10.1. The van der Waals surface area contributed by atoms with Crippen LogP contribution in [0.5, 0.6) is 0 Å². The molecule has 0 radical (unpaired) electrons. The summed E-state index contributed by atoms with van der Waals surface area (Å²) in [5.41, 5.74) is 0. The number of morpholine rings is 1. The number of rotatable bonds is 2. The van der Waals surface area contributed by atoms with E-state index in [2.05, 4.69) is 0 Å². The first-order chi connectivity index (χ1) is 7.15. The molecule has 2 atom stereocenters. The largest absolute Gasteiger partial charge is 0.375 e. The highest BCUT2D eigenvalue weighted by Crippen LogP contribution is 2.30. The lowest BCUT2D eigenvalue weighted by atomic mass is 9.91. The first-order valence-electron chi connectivity index (χ1n) is 5.32. The van der Waals surface area contributed by atoms with E-state index >= 15 is 0 Å². The van der Waals surface area contributed by atoms with E-state index in [1.807, 2.05) is 0 Å². The third-order valence-electron chi connectivity index (χ3n) is 3.18. The molecule has 0 N–H and O–H groups in total. The molecule has 1 heterocycles. The van der Waals surface area contributed by atoms with Crippen LogP contribution in [-0.4, -0.2) is 43.2 Å². The second kappa shape index (κ2) is 4.57. The van der Waals surface area contributed by atoms with Crippen molar-refractivity contribution in [2.24, 2.45) is 0 Å². The fourth-order valence-electron chi connectivity index (χ4n) is 2.47. The summed E-state index contributed by atoms with van der Waals surface area (Å²) in [6.45, 7) is 0.952. The van der Waals surface area contributed by atoms with Crippen LogP contribution in [0.25, 0.3) is 0 Å². The maximum atomic E-state index is 11.7. The summed E-state index contributed by atoms with van der Waals surface area (Å²) >= 11 is 5.49. The molecule has 4 nitrogen and oxygen atoms in total. The van der Waals surface area contributed by atoms with Crippen LogP contribution in [0.2, 0.25) is 0 Å². The van der Waals surface area contributed by atoms with Crippen LogP contribution >= 0.6 is 11.6 Å². The third kappa shape index (κ3) is 2.30. The van der Waals surface area contributed by atoms with Gasteiger partial charge in [-0.25, -0.2) is 8.42 Å². The van der Waals surface area contributed by atoms with Gasteiger partial charge in [0.15, 0.2) is 0 Å². The van der Waals surface area contributed by atoms with Gasteiger partial charge in [0, 0.05) is 6.54 Å². The smallest absolute Gasteiger partial charge is 0.228 e. The summed E-state index contributed by atoms with van der Waals surface area (Å²) in [5.74, 6) is 0. The Bertz CT molecular complexity index is 317. The van der Waals surface area contributed by atoms with E-state index in [1.54, 1.807) is 4.31 Å². The normalized spacial score (nSPS) is 33.7. The van der Waals surface area contributed by atoms with E-state index in [0.29, 0.717) is 13.2 Å². The second-order valence-electron chi connectivity index (χ2n) is 4.09. The Morgan fingerprint density at radius 3 is 2.80 bits per heavy atom. The molecule has 0 aromatic heterocycles. The van der Waals surface area contributed by atoms with E-state index < -0.39 is 10.0 Å². The Morgan fingerprint density at radius 2 is 2.07 bits per heavy atom. The van der Waals surface area contributed by atoms with Crippen molar-refractivity contribution >= 4 is 21.6 Å². The fraction of sp³-hybridized carbons (Fsp3) is 1.00. The first kappa shape index (κ1) is 11.6. The Labute approximate surface area is 95.6 Å². The maximum absolute atomic E-state index is 11.7. The minimum absolute atomic E-state index is 0.0243. The lowest BCUT2D eigenvalue weighted by Crippen LogP contribution is -2.54. The quantitative estimate of drug-likeness (QED) is 0.694. The molecule has 88 valence electrons. The van der Waals surface area contributed by atoms with Crippen LogP contribution in [0.15, 0.2) is 0 Å². The topological polar surface area (TPSA) is 46.6 Å². The Morgan fingerprint density at radius 1 is 1.33 bits per heavy atom. The summed E-state index contributed by atoms with van der Waals surface area (Å²) in [4.78, 5) is 0. The van der Waals surface area contributed by atoms with Crippen LogP contribution in [0.4, 0.5) is 0 Å². The van der Waals surface area contributed by atoms with Gasteiger partial charge in [0.2, 0.25) is 10.0 Å². The van der Waals surface area contributed by atoms with E-state index in [4.69, 9.17) is 16.3 Å². The number of hydrogen-bond donors (Lipinski definition) is 0. The van der Waals surface area contributed by atoms with Gasteiger partial charge in [0.25, 0.3) is 0 Å². The predicted octanol–water partition coefficient (Wildman–Crippen LogP) is 1.16. The van der Waals surface area contributed by atoms with Crippen molar-refractivity contribution in [1.82, 2.24) is 4.31 Å². The SMILES string of the molecule is O=S(=O)(CCl)N1CCOC2CCCCC21. The maximum Gasteiger partial charge on any atom is 0.228 e. The Kier molecular flexibility index (Phi) is 3.55. The van der Waals surface area contributed by atoms with Crippen molar-refractivity contribution in [2.45, 2.75) is 37.8 Å². The molecule has 15 heavy (non-hydrogen) atoms. The van der Waals surface area contributed by atoms with Crippen molar-refractivity contribution in [3.05, 3.63) is 0 Å². The number of halogens is 1. The molecular formula is C9H16ClNO3S. The number of ether oxygens (including phenoxy) is 1. The minimum Gasteiger partial charge on any atom is -0.375 e. The van der Waals surface area contributed by atoms with Crippen molar-refractivity contribution in [1.29, 1.82) is 0 Å². The lowest BCUT2D eigenvalue weighted by molar-refractivity contribution is -0.0584. The number of hydrogen-bond acceptors (Lipinski definition) is 3. The van der Waals surface area contributed by atoms with Gasteiger partial charge in [0.05, 0.1) is 18.8 Å². The standard InChI is InChI=1S/C9H16ClNO3S/c10-7-15(12,13)11-5-6-14-9-4-2-1-3-8(9)11/h8-9H,1-7H2. The molecule has 1 aliphatic carbocycles. The van der Waals surface area contributed by atoms with Crippen molar-refractivity contribution in [2.75, 3.05) is 18.4 Å². The summed E-state index contributed by atoms with van der Waals surface area (Å²) in [6, 6.07) is 0.0243. The molecule has 0 aromatic rings. The van der Waals surface area contributed by atoms with Gasteiger partial charge in [0.1, 0.15) is 5.21 Å². The zero-order valence-electron chi connectivity index (χ0n) is 8.56. The monoisotopic (exact) mass is 253 g/mol. The van der Waals surface area contributed by atoms with Gasteiger partial charge in [-0.3, -0.25) is 0 Å². The van der Waals surface area contributed by atoms with E-state index in [1.165, 1.54) is 0 Å². The average Bonchev–Trinajstić information content (AvgIpc) is 2.28. The Balaban J connectivity index is 2.17. The van der Waals surface area contributed by atoms with Gasteiger partial charge in [-0.1, -0.05) is 12.8 Å². The predicted molar refractivity (Wildman–Crippen MR) is 58.3 cm³/mol. The summed E-state index contributed by atoms with van der Waals surface area (Å²) < 4.78 is 30.6. The fourth-order valence-corrected chi connectivity index (χ4v) is 3.98. The van der Waals surface area contributed by atoms with E-state index in [-0.39, 0.29) is 17.4 Å². The molecule has 1 saturated carbocycles. The third-order valence-corrected chi connectivity index (χ3v) is 5.45. The van der Waals surface area contributed by atoms with Crippen LogP contribution in [-0.2, 0) is 14.8 Å². The van der Waals surface area contributed by atoms with Gasteiger partial charge < -0.3 is 4.74 Å². The van der Waals surface area contributed by atoms with Gasteiger partial charge >= 0.3 is 0 Å². The molecule has 0 amide bonds. The number of alkyl halides is 1. The molecular weight excluding hydrogens is 238 g/mol. The Hall–Kier alpha value is 0.160. The highest BCUT2D eigenvalue weighted by molar-refractivity contribution is 7.90. The van der Waals surface area contributed by atoms with Gasteiger partial charge in [-0.2, -0.15) is 4.31 Å². The highest BCUT2D eigenvalue weighted by atomic mass is 35.5. The molecule has 1 saturated heterocycles. The molecule has 2 fully saturated rings. The molecule has 0 spiro atoms. The zero-order chi connectivity index (χ0) is 10.9. The molecule has 2 unspecified atom stereocenters. The van der Waals surface area contributed by atoms with Crippen LogP contribution in [0.1, 0.15) is 25.7 Å². The summed E-state index contributed by atoms with van der Waals surface area (Å²) in [7, 11) is -3.27. The first-order valence-corrected chi connectivity index (χ1v) is 7.46. The molecule has 6 heteroatoms. The van der Waals surface area contributed by atoms with Crippen molar-refractivity contribution in [3.8, 4) is 0 Å². The molecule has 0 bridgehead atoms. The summed E-state index contributed by atoms with van der Waals surface area (Å²) in [6.07, 6.45) is 4.18.